The van der Waals surface area contributed by atoms with Gasteiger partial charge < -0.3 is 0 Å². The van der Waals surface area contributed by atoms with Crippen LogP contribution in [0.2, 0.25) is 0 Å². The lowest BCUT2D eigenvalue weighted by Gasteiger charge is -2.26. The summed E-state index contributed by atoms with van der Waals surface area (Å²) in [7, 11) is 0. The molecular formula is C16H20N2S. The summed E-state index contributed by atoms with van der Waals surface area (Å²) < 4.78 is 0. The Hall–Kier alpha value is -1.16. The van der Waals surface area contributed by atoms with Crippen molar-refractivity contribution >= 4 is 11.3 Å². The van der Waals surface area contributed by atoms with Crippen molar-refractivity contribution in [3.63, 3.8) is 0 Å². The third-order valence-corrected chi connectivity index (χ3v) is 5.26. The summed E-state index contributed by atoms with van der Waals surface area (Å²) in [6.45, 7) is 2.14. The standard InChI is InChI=1S/C16H20N2S/c1-11-9-10-19-16(11)15(18-17)14-7-5-13(6-8-14)12-3-2-4-12/h5-10,12,15,18H,2-4,17H2,1H3. The fourth-order valence-electron chi connectivity index (χ4n) is 2.71. The van der Waals surface area contributed by atoms with E-state index in [1.807, 2.05) is 0 Å². The molecule has 1 unspecified atom stereocenters. The summed E-state index contributed by atoms with van der Waals surface area (Å²) in [5.74, 6) is 6.55. The summed E-state index contributed by atoms with van der Waals surface area (Å²) in [4.78, 5) is 1.30. The van der Waals surface area contributed by atoms with E-state index in [9.17, 15) is 0 Å². The molecule has 1 fully saturated rings. The van der Waals surface area contributed by atoms with Gasteiger partial charge in [-0.05, 0) is 53.8 Å². The Bertz CT molecular complexity index is 540. The van der Waals surface area contributed by atoms with Crippen LogP contribution in [-0.2, 0) is 0 Å². The lowest BCUT2D eigenvalue weighted by molar-refractivity contribution is 0.419. The molecule has 1 atom stereocenters. The van der Waals surface area contributed by atoms with Gasteiger partial charge in [-0.15, -0.1) is 11.3 Å². The van der Waals surface area contributed by atoms with Gasteiger partial charge in [-0.25, -0.2) is 5.43 Å². The molecule has 1 aliphatic carbocycles. The third kappa shape index (κ3) is 2.46. The molecule has 0 aliphatic heterocycles. The van der Waals surface area contributed by atoms with Crippen LogP contribution >= 0.6 is 11.3 Å². The number of thiophene rings is 1. The highest BCUT2D eigenvalue weighted by Gasteiger charge is 2.20. The smallest absolute Gasteiger partial charge is 0.0805 e. The maximum absolute atomic E-state index is 5.76. The second kappa shape index (κ2) is 5.45. The Kier molecular flexibility index (Phi) is 3.69. The first-order chi connectivity index (χ1) is 9.29. The summed E-state index contributed by atoms with van der Waals surface area (Å²) in [5.41, 5.74) is 6.98. The Morgan fingerprint density at radius 3 is 2.42 bits per heavy atom. The summed E-state index contributed by atoms with van der Waals surface area (Å²) >= 11 is 1.76. The molecule has 3 N–H and O–H groups in total. The number of nitrogens with two attached hydrogens (primary N) is 1. The monoisotopic (exact) mass is 272 g/mol. The first-order valence-electron chi connectivity index (χ1n) is 6.89. The van der Waals surface area contributed by atoms with Crippen molar-refractivity contribution in [2.24, 2.45) is 5.84 Å². The molecule has 1 heterocycles. The van der Waals surface area contributed by atoms with Crippen LogP contribution in [0.25, 0.3) is 0 Å². The van der Waals surface area contributed by atoms with Crippen LogP contribution in [0.3, 0.4) is 0 Å². The topological polar surface area (TPSA) is 38.0 Å². The average molecular weight is 272 g/mol. The summed E-state index contributed by atoms with van der Waals surface area (Å²) in [6.07, 6.45) is 4.08. The van der Waals surface area contributed by atoms with E-state index in [2.05, 4.69) is 48.1 Å². The fourth-order valence-corrected chi connectivity index (χ4v) is 3.72. The molecule has 0 spiro atoms. The highest BCUT2D eigenvalue weighted by molar-refractivity contribution is 7.10. The highest BCUT2D eigenvalue weighted by atomic mass is 32.1. The van der Waals surface area contributed by atoms with Crippen molar-refractivity contribution < 1.29 is 0 Å². The van der Waals surface area contributed by atoms with Gasteiger partial charge in [0, 0.05) is 4.88 Å². The maximum atomic E-state index is 5.76. The molecule has 0 radical (unpaired) electrons. The number of hydrazine groups is 1. The number of aryl methyl sites for hydroxylation is 1. The van der Waals surface area contributed by atoms with E-state index in [1.54, 1.807) is 11.3 Å². The van der Waals surface area contributed by atoms with Crippen molar-refractivity contribution in [2.75, 3.05) is 0 Å². The molecule has 1 aromatic heterocycles. The van der Waals surface area contributed by atoms with Crippen LogP contribution in [0, 0.1) is 6.92 Å². The van der Waals surface area contributed by atoms with Crippen molar-refractivity contribution in [3.05, 3.63) is 57.3 Å². The van der Waals surface area contributed by atoms with Crippen molar-refractivity contribution in [1.29, 1.82) is 0 Å². The summed E-state index contributed by atoms with van der Waals surface area (Å²) in [6, 6.07) is 11.2. The van der Waals surface area contributed by atoms with E-state index < -0.39 is 0 Å². The minimum atomic E-state index is 0.107. The van der Waals surface area contributed by atoms with Crippen LogP contribution in [-0.4, -0.2) is 0 Å². The van der Waals surface area contributed by atoms with Crippen molar-refractivity contribution in [2.45, 2.75) is 38.1 Å². The Morgan fingerprint density at radius 1 is 1.21 bits per heavy atom. The molecule has 1 aliphatic rings. The lowest BCUT2D eigenvalue weighted by Crippen LogP contribution is -2.28. The highest BCUT2D eigenvalue weighted by Crippen LogP contribution is 2.37. The number of nitrogens with one attached hydrogen (secondary N) is 1. The van der Waals surface area contributed by atoms with Gasteiger partial charge in [-0.2, -0.15) is 0 Å². The SMILES string of the molecule is Cc1ccsc1C(NN)c1ccc(C2CCC2)cc1. The Balaban J connectivity index is 1.85. The van der Waals surface area contributed by atoms with E-state index in [0.29, 0.717) is 0 Å². The molecule has 2 nitrogen and oxygen atoms in total. The quantitative estimate of drug-likeness (QED) is 0.655. The van der Waals surface area contributed by atoms with E-state index in [4.69, 9.17) is 5.84 Å². The number of rotatable bonds is 4. The summed E-state index contributed by atoms with van der Waals surface area (Å²) in [5, 5.41) is 2.12. The van der Waals surface area contributed by atoms with Gasteiger partial charge in [0.15, 0.2) is 0 Å². The minimum Gasteiger partial charge on any atom is -0.271 e. The van der Waals surface area contributed by atoms with Gasteiger partial charge in [-0.1, -0.05) is 30.7 Å². The van der Waals surface area contributed by atoms with Gasteiger partial charge in [0.05, 0.1) is 6.04 Å². The normalized spacial score (nSPS) is 17.2. The number of benzene rings is 1. The molecule has 0 amide bonds. The van der Waals surface area contributed by atoms with E-state index in [0.717, 1.165) is 5.92 Å². The second-order valence-corrected chi connectivity index (χ2v) is 6.31. The van der Waals surface area contributed by atoms with E-state index in [1.165, 1.54) is 40.8 Å². The minimum absolute atomic E-state index is 0.107. The molecule has 1 saturated carbocycles. The fraction of sp³-hybridized carbons (Fsp3) is 0.375. The maximum Gasteiger partial charge on any atom is 0.0805 e. The molecule has 3 rings (SSSR count). The molecule has 0 bridgehead atoms. The molecule has 19 heavy (non-hydrogen) atoms. The Labute approximate surface area is 118 Å². The number of hydrogen-bond acceptors (Lipinski definition) is 3. The zero-order chi connectivity index (χ0) is 13.2. The molecule has 100 valence electrons. The van der Waals surface area contributed by atoms with Crippen LogP contribution in [0.15, 0.2) is 35.7 Å². The zero-order valence-electron chi connectivity index (χ0n) is 11.2. The van der Waals surface area contributed by atoms with Crippen molar-refractivity contribution in [3.8, 4) is 0 Å². The second-order valence-electron chi connectivity index (χ2n) is 5.36. The van der Waals surface area contributed by atoms with Gasteiger partial charge in [0.25, 0.3) is 0 Å². The lowest BCUT2D eigenvalue weighted by atomic mass is 9.80. The molecular weight excluding hydrogens is 252 g/mol. The van der Waals surface area contributed by atoms with Gasteiger partial charge >= 0.3 is 0 Å². The van der Waals surface area contributed by atoms with Gasteiger partial charge in [0.1, 0.15) is 0 Å². The van der Waals surface area contributed by atoms with E-state index >= 15 is 0 Å². The third-order valence-electron chi connectivity index (χ3n) is 4.18. The average Bonchev–Trinajstić information content (AvgIpc) is 2.77. The first-order valence-corrected chi connectivity index (χ1v) is 7.77. The van der Waals surface area contributed by atoms with Crippen molar-refractivity contribution in [1.82, 2.24) is 5.43 Å². The van der Waals surface area contributed by atoms with Crippen LogP contribution < -0.4 is 11.3 Å². The predicted molar refractivity (Wildman–Crippen MR) is 81.3 cm³/mol. The van der Waals surface area contributed by atoms with Crippen LogP contribution in [0.5, 0.6) is 0 Å². The zero-order valence-corrected chi connectivity index (χ0v) is 12.0. The Morgan fingerprint density at radius 2 is 1.95 bits per heavy atom. The van der Waals surface area contributed by atoms with Gasteiger partial charge in [0.2, 0.25) is 0 Å². The molecule has 0 saturated heterocycles. The molecule has 3 heteroatoms. The van der Waals surface area contributed by atoms with E-state index in [-0.39, 0.29) is 6.04 Å². The first kappa shape index (κ1) is 12.9. The van der Waals surface area contributed by atoms with Crippen LogP contribution in [0.4, 0.5) is 0 Å². The number of hydrogen-bond donors (Lipinski definition) is 2. The van der Waals surface area contributed by atoms with Crippen LogP contribution in [0.1, 0.15) is 52.8 Å². The largest absolute Gasteiger partial charge is 0.271 e. The molecule has 2 aromatic rings. The molecule has 1 aromatic carbocycles. The van der Waals surface area contributed by atoms with Gasteiger partial charge in [-0.3, -0.25) is 5.84 Å². The predicted octanol–water partition coefficient (Wildman–Crippen LogP) is 3.88.